The molecule has 0 atom stereocenters. The highest BCUT2D eigenvalue weighted by Gasteiger charge is 2.13. The van der Waals surface area contributed by atoms with Crippen LogP contribution in [0.5, 0.6) is 5.75 Å². The first-order chi connectivity index (χ1) is 9.63. The Bertz CT molecular complexity index is 425. The summed E-state index contributed by atoms with van der Waals surface area (Å²) in [4.78, 5) is 15.7. The molecule has 1 fully saturated rings. The molecule has 1 heterocycles. The molecule has 0 bridgehead atoms. The summed E-state index contributed by atoms with van der Waals surface area (Å²) in [5, 5.41) is 2.74. The van der Waals surface area contributed by atoms with Crippen molar-refractivity contribution in [2.24, 2.45) is 0 Å². The van der Waals surface area contributed by atoms with Crippen molar-refractivity contribution in [3.63, 3.8) is 0 Å². The molecule has 1 aromatic carbocycles. The van der Waals surface area contributed by atoms with Crippen LogP contribution in [-0.4, -0.2) is 62.1 Å². The average Bonchev–Trinajstić information content (AvgIpc) is 2.42. The molecule has 0 aromatic heterocycles. The van der Waals surface area contributed by atoms with E-state index in [1.807, 2.05) is 24.3 Å². The molecule has 1 N–H and O–H groups in total. The molecule has 0 spiro atoms. The highest BCUT2D eigenvalue weighted by atomic mass is 16.5. The maximum Gasteiger partial charge on any atom is 0.221 e. The molecule has 1 aromatic rings. The molecule has 5 nitrogen and oxygen atoms in total. The molecular formula is C15H23N3O2. The van der Waals surface area contributed by atoms with Crippen molar-refractivity contribution < 1.29 is 9.53 Å². The Kier molecular flexibility index (Phi) is 5.38. The van der Waals surface area contributed by atoms with E-state index in [9.17, 15) is 4.79 Å². The zero-order valence-corrected chi connectivity index (χ0v) is 12.3. The highest BCUT2D eigenvalue weighted by molar-refractivity contribution is 5.88. The minimum Gasteiger partial charge on any atom is -0.492 e. The summed E-state index contributed by atoms with van der Waals surface area (Å²) >= 11 is 0. The van der Waals surface area contributed by atoms with E-state index in [1.54, 1.807) is 0 Å². The highest BCUT2D eigenvalue weighted by Crippen LogP contribution is 2.15. The Morgan fingerprint density at radius 2 is 1.85 bits per heavy atom. The van der Waals surface area contributed by atoms with Gasteiger partial charge >= 0.3 is 0 Å². The van der Waals surface area contributed by atoms with Crippen molar-refractivity contribution in [2.75, 3.05) is 51.7 Å². The molecule has 110 valence electrons. The van der Waals surface area contributed by atoms with E-state index in [-0.39, 0.29) is 5.91 Å². The van der Waals surface area contributed by atoms with Crippen LogP contribution in [0.3, 0.4) is 0 Å². The summed E-state index contributed by atoms with van der Waals surface area (Å²) in [7, 11) is 2.16. The van der Waals surface area contributed by atoms with Crippen LogP contribution < -0.4 is 10.1 Å². The smallest absolute Gasteiger partial charge is 0.221 e. The van der Waals surface area contributed by atoms with Gasteiger partial charge in [0.05, 0.1) is 0 Å². The average molecular weight is 277 g/mol. The van der Waals surface area contributed by atoms with E-state index in [0.717, 1.165) is 44.2 Å². The number of piperazine rings is 1. The summed E-state index contributed by atoms with van der Waals surface area (Å²) in [6, 6.07) is 7.48. The maximum atomic E-state index is 10.9. The van der Waals surface area contributed by atoms with Gasteiger partial charge in [-0.1, -0.05) is 0 Å². The molecular weight excluding hydrogens is 254 g/mol. The van der Waals surface area contributed by atoms with Crippen molar-refractivity contribution in [3.8, 4) is 5.75 Å². The SMILES string of the molecule is CC(=O)Nc1ccc(OCCN2CCN(C)CC2)cc1. The molecule has 1 aliphatic heterocycles. The number of ether oxygens (including phenoxy) is 1. The van der Waals surface area contributed by atoms with E-state index in [1.165, 1.54) is 6.92 Å². The van der Waals surface area contributed by atoms with Gasteiger partial charge in [-0.05, 0) is 31.3 Å². The number of benzene rings is 1. The molecule has 0 aliphatic carbocycles. The van der Waals surface area contributed by atoms with Gasteiger partial charge in [-0.3, -0.25) is 9.69 Å². The third-order valence-corrected chi connectivity index (χ3v) is 3.45. The van der Waals surface area contributed by atoms with Crippen molar-refractivity contribution >= 4 is 11.6 Å². The second-order valence-electron chi connectivity index (χ2n) is 5.20. The van der Waals surface area contributed by atoms with Crippen molar-refractivity contribution in [3.05, 3.63) is 24.3 Å². The lowest BCUT2D eigenvalue weighted by Gasteiger charge is -2.32. The molecule has 2 rings (SSSR count). The Morgan fingerprint density at radius 3 is 2.45 bits per heavy atom. The molecule has 5 heteroatoms. The lowest BCUT2D eigenvalue weighted by molar-refractivity contribution is -0.114. The van der Waals surface area contributed by atoms with Crippen LogP contribution in [0.4, 0.5) is 5.69 Å². The van der Waals surface area contributed by atoms with Crippen molar-refractivity contribution in [1.82, 2.24) is 9.80 Å². The van der Waals surface area contributed by atoms with Gasteiger partial charge in [0.1, 0.15) is 12.4 Å². The Balaban J connectivity index is 1.70. The molecule has 1 saturated heterocycles. The lowest BCUT2D eigenvalue weighted by atomic mass is 10.3. The van der Waals surface area contributed by atoms with Crippen LogP contribution in [-0.2, 0) is 4.79 Å². The van der Waals surface area contributed by atoms with E-state index >= 15 is 0 Å². The topological polar surface area (TPSA) is 44.8 Å². The summed E-state index contributed by atoms with van der Waals surface area (Å²) < 4.78 is 5.73. The molecule has 0 radical (unpaired) electrons. The summed E-state index contributed by atoms with van der Waals surface area (Å²) in [5.41, 5.74) is 0.795. The first kappa shape index (κ1) is 14.8. The second-order valence-corrected chi connectivity index (χ2v) is 5.20. The Hall–Kier alpha value is -1.59. The number of carbonyl (C=O) groups is 1. The fourth-order valence-corrected chi connectivity index (χ4v) is 2.20. The molecule has 0 unspecified atom stereocenters. The lowest BCUT2D eigenvalue weighted by Crippen LogP contribution is -2.45. The van der Waals surface area contributed by atoms with Crippen molar-refractivity contribution in [1.29, 1.82) is 0 Å². The van der Waals surface area contributed by atoms with Crippen LogP contribution >= 0.6 is 0 Å². The van der Waals surface area contributed by atoms with Gasteiger partial charge in [-0.25, -0.2) is 0 Å². The number of carbonyl (C=O) groups excluding carboxylic acids is 1. The van der Waals surface area contributed by atoms with Crippen LogP contribution in [0.25, 0.3) is 0 Å². The molecule has 0 saturated carbocycles. The predicted octanol–water partition coefficient (Wildman–Crippen LogP) is 1.27. The van der Waals surface area contributed by atoms with Crippen LogP contribution in [0, 0.1) is 0 Å². The number of likely N-dealkylation sites (N-methyl/N-ethyl adjacent to an activating group) is 1. The largest absolute Gasteiger partial charge is 0.492 e. The number of hydrogen-bond acceptors (Lipinski definition) is 4. The van der Waals surface area contributed by atoms with E-state index in [4.69, 9.17) is 4.74 Å². The van der Waals surface area contributed by atoms with Crippen LogP contribution in [0.2, 0.25) is 0 Å². The number of amides is 1. The normalized spacial score (nSPS) is 16.9. The third kappa shape index (κ3) is 4.83. The third-order valence-electron chi connectivity index (χ3n) is 3.45. The summed E-state index contributed by atoms with van der Waals surface area (Å²) in [6.07, 6.45) is 0. The minimum atomic E-state index is -0.0614. The van der Waals surface area contributed by atoms with Crippen molar-refractivity contribution in [2.45, 2.75) is 6.92 Å². The van der Waals surface area contributed by atoms with E-state index < -0.39 is 0 Å². The van der Waals surface area contributed by atoms with E-state index in [2.05, 4.69) is 22.2 Å². The van der Waals surface area contributed by atoms with E-state index in [0.29, 0.717) is 6.61 Å². The maximum absolute atomic E-state index is 10.9. The van der Waals surface area contributed by atoms with Gasteiger partial charge in [0.2, 0.25) is 5.91 Å². The second kappa shape index (κ2) is 7.26. The van der Waals surface area contributed by atoms with Crippen LogP contribution in [0.1, 0.15) is 6.92 Å². The summed E-state index contributed by atoms with van der Waals surface area (Å²) in [6.45, 7) is 7.64. The Morgan fingerprint density at radius 1 is 1.20 bits per heavy atom. The number of anilines is 1. The zero-order valence-electron chi connectivity index (χ0n) is 12.3. The van der Waals surface area contributed by atoms with Gasteiger partial charge in [0.25, 0.3) is 0 Å². The monoisotopic (exact) mass is 277 g/mol. The quantitative estimate of drug-likeness (QED) is 0.880. The molecule has 1 amide bonds. The van der Waals surface area contributed by atoms with Crippen LogP contribution in [0.15, 0.2) is 24.3 Å². The zero-order chi connectivity index (χ0) is 14.4. The Labute approximate surface area is 120 Å². The summed E-state index contributed by atoms with van der Waals surface area (Å²) in [5.74, 6) is 0.780. The fourth-order valence-electron chi connectivity index (χ4n) is 2.20. The van der Waals surface area contributed by atoms with Gasteiger partial charge in [-0.15, -0.1) is 0 Å². The number of rotatable bonds is 5. The number of hydrogen-bond donors (Lipinski definition) is 1. The first-order valence-corrected chi connectivity index (χ1v) is 7.05. The van der Waals surface area contributed by atoms with Gasteiger partial charge < -0.3 is 15.0 Å². The molecule has 1 aliphatic rings. The minimum absolute atomic E-state index is 0.0614. The fraction of sp³-hybridized carbons (Fsp3) is 0.533. The van der Waals surface area contributed by atoms with Gasteiger partial charge in [0, 0.05) is 45.3 Å². The number of nitrogens with zero attached hydrogens (tertiary/aromatic N) is 2. The van der Waals surface area contributed by atoms with Gasteiger partial charge in [-0.2, -0.15) is 0 Å². The predicted molar refractivity (Wildman–Crippen MR) is 80.2 cm³/mol. The van der Waals surface area contributed by atoms with Gasteiger partial charge in [0.15, 0.2) is 0 Å². The molecule has 20 heavy (non-hydrogen) atoms. The standard InChI is InChI=1S/C15H23N3O2/c1-13(19)16-14-3-5-15(6-4-14)20-12-11-18-9-7-17(2)8-10-18/h3-6H,7-12H2,1-2H3,(H,16,19). The first-order valence-electron chi connectivity index (χ1n) is 7.05. The number of nitrogens with one attached hydrogen (secondary N) is 1.